The van der Waals surface area contributed by atoms with Crippen molar-refractivity contribution in [3.8, 4) is 17.2 Å². The second-order valence-electron chi connectivity index (χ2n) is 5.60. The van der Waals surface area contributed by atoms with Gasteiger partial charge in [0.1, 0.15) is 16.5 Å². The van der Waals surface area contributed by atoms with Crippen molar-refractivity contribution < 1.29 is 0 Å². The molecule has 0 atom stereocenters. The zero-order chi connectivity index (χ0) is 17.2. The van der Waals surface area contributed by atoms with Gasteiger partial charge in [0.25, 0.3) is 0 Å². The molecule has 0 fully saturated rings. The number of hydrogen-bond donors (Lipinski definition) is 1. The molecule has 1 N–H and O–H groups in total. The van der Waals surface area contributed by atoms with Crippen LogP contribution in [0.2, 0.25) is 0 Å². The maximum atomic E-state index is 9.26. The molecule has 0 unspecified atom stereocenters. The molecule has 0 amide bonds. The third-order valence-corrected chi connectivity index (χ3v) is 4.93. The standard InChI is InChI=1S/C20H14N4S/c1-13-23-19-18(10-11-22-19)20(24-13)25-16-8-6-14(7-9-16)17-5-3-2-4-15(17)12-21/h2-11H,1H3,(H,22,23,24). The van der Waals surface area contributed by atoms with E-state index in [1.54, 1.807) is 11.8 Å². The molecular weight excluding hydrogens is 328 g/mol. The topological polar surface area (TPSA) is 65.4 Å². The van der Waals surface area contributed by atoms with Crippen molar-refractivity contribution in [1.29, 1.82) is 5.26 Å². The number of aryl methyl sites for hydroxylation is 1. The Morgan fingerprint density at radius 2 is 1.80 bits per heavy atom. The predicted molar refractivity (Wildman–Crippen MR) is 99.3 cm³/mol. The second-order valence-corrected chi connectivity index (χ2v) is 6.66. The Morgan fingerprint density at radius 3 is 2.60 bits per heavy atom. The minimum Gasteiger partial charge on any atom is -0.346 e. The van der Waals surface area contributed by atoms with Crippen LogP contribution in [-0.4, -0.2) is 15.0 Å². The number of rotatable bonds is 3. The monoisotopic (exact) mass is 342 g/mol. The first-order chi connectivity index (χ1) is 12.2. The van der Waals surface area contributed by atoms with Crippen LogP contribution in [0.4, 0.5) is 0 Å². The van der Waals surface area contributed by atoms with Crippen molar-refractivity contribution in [2.75, 3.05) is 0 Å². The quantitative estimate of drug-likeness (QED) is 0.535. The number of H-pyrrole nitrogens is 1. The smallest absolute Gasteiger partial charge is 0.142 e. The normalized spacial score (nSPS) is 10.7. The van der Waals surface area contributed by atoms with E-state index < -0.39 is 0 Å². The van der Waals surface area contributed by atoms with Crippen LogP contribution in [0.5, 0.6) is 0 Å². The Bertz CT molecular complexity index is 1090. The van der Waals surface area contributed by atoms with Crippen LogP contribution in [0, 0.1) is 18.3 Å². The predicted octanol–water partition coefficient (Wildman–Crippen LogP) is 4.96. The molecule has 0 aliphatic carbocycles. The van der Waals surface area contributed by atoms with Crippen molar-refractivity contribution >= 4 is 22.8 Å². The highest BCUT2D eigenvalue weighted by atomic mass is 32.2. The summed E-state index contributed by atoms with van der Waals surface area (Å²) in [7, 11) is 0. The van der Waals surface area contributed by atoms with Gasteiger partial charge < -0.3 is 4.98 Å². The van der Waals surface area contributed by atoms with Gasteiger partial charge >= 0.3 is 0 Å². The van der Waals surface area contributed by atoms with Gasteiger partial charge in [-0.15, -0.1) is 0 Å². The van der Waals surface area contributed by atoms with Gasteiger partial charge in [0.15, 0.2) is 0 Å². The SMILES string of the molecule is Cc1nc(Sc2ccc(-c3ccccc3C#N)cc2)c2cc[nH]c2n1. The van der Waals surface area contributed by atoms with Gasteiger partial charge in [-0.25, -0.2) is 9.97 Å². The summed E-state index contributed by atoms with van der Waals surface area (Å²) >= 11 is 1.61. The maximum Gasteiger partial charge on any atom is 0.142 e. The third-order valence-electron chi connectivity index (χ3n) is 3.92. The van der Waals surface area contributed by atoms with Gasteiger partial charge in [0, 0.05) is 11.1 Å². The molecule has 4 rings (SSSR count). The summed E-state index contributed by atoms with van der Waals surface area (Å²) in [6.07, 6.45) is 1.88. The van der Waals surface area contributed by atoms with E-state index in [0.29, 0.717) is 5.56 Å². The molecule has 120 valence electrons. The molecule has 0 aliphatic rings. The van der Waals surface area contributed by atoms with Crippen LogP contribution in [0.25, 0.3) is 22.2 Å². The zero-order valence-corrected chi connectivity index (χ0v) is 14.3. The van der Waals surface area contributed by atoms with Gasteiger partial charge in [-0.1, -0.05) is 42.1 Å². The largest absolute Gasteiger partial charge is 0.346 e. The number of benzene rings is 2. The van der Waals surface area contributed by atoms with Gasteiger partial charge in [-0.05, 0) is 42.3 Å². The number of aromatic amines is 1. The lowest BCUT2D eigenvalue weighted by atomic mass is 10.0. The fourth-order valence-corrected chi connectivity index (χ4v) is 3.69. The van der Waals surface area contributed by atoms with Crippen LogP contribution < -0.4 is 0 Å². The highest BCUT2D eigenvalue weighted by Gasteiger charge is 2.09. The molecule has 2 aromatic heterocycles. The molecule has 0 bridgehead atoms. The number of nitrogens with one attached hydrogen (secondary N) is 1. The summed E-state index contributed by atoms with van der Waals surface area (Å²) < 4.78 is 0. The summed E-state index contributed by atoms with van der Waals surface area (Å²) in [5.41, 5.74) is 3.53. The summed E-state index contributed by atoms with van der Waals surface area (Å²) in [6, 6.07) is 20.1. The minimum atomic E-state index is 0.684. The van der Waals surface area contributed by atoms with E-state index in [1.165, 1.54) is 0 Å². The molecule has 0 saturated heterocycles. The molecular formula is C20H14N4S. The average molecular weight is 342 g/mol. The molecule has 2 aromatic carbocycles. The van der Waals surface area contributed by atoms with E-state index in [2.05, 4.69) is 33.2 Å². The number of fused-ring (bicyclic) bond motifs is 1. The maximum absolute atomic E-state index is 9.26. The Morgan fingerprint density at radius 1 is 1.00 bits per heavy atom. The van der Waals surface area contributed by atoms with Gasteiger partial charge in [-0.2, -0.15) is 5.26 Å². The first-order valence-electron chi connectivity index (χ1n) is 7.84. The van der Waals surface area contributed by atoms with Crippen LogP contribution in [0.1, 0.15) is 11.4 Å². The van der Waals surface area contributed by atoms with Crippen molar-refractivity contribution in [2.24, 2.45) is 0 Å². The molecule has 4 aromatic rings. The second kappa shape index (κ2) is 6.42. The molecule has 5 heteroatoms. The lowest BCUT2D eigenvalue weighted by Crippen LogP contribution is -1.91. The zero-order valence-electron chi connectivity index (χ0n) is 13.5. The Kier molecular flexibility index (Phi) is 3.96. The van der Waals surface area contributed by atoms with E-state index in [4.69, 9.17) is 0 Å². The average Bonchev–Trinajstić information content (AvgIpc) is 3.11. The van der Waals surface area contributed by atoms with E-state index in [9.17, 15) is 5.26 Å². The fourth-order valence-electron chi connectivity index (χ4n) is 2.74. The van der Waals surface area contributed by atoms with Crippen molar-refractivity contribution in [3.63, 3.8) is 0 Å². The first kappa shape index (κ1) is 15.4. The van der Waals surface area contributed by atoms with Gasteiger partial charge in [0.05, 0.1) is 17.0 Å². The Balaban J connectivity index is 1.67. The van der Waals surface area contributed by atoms with Crippen LogP contribution in [0.15, 0.2) is 70.7 Å². The summed E-state index contributed by atoms with van der Waals surface area (Å²) in [5, 5.41) is 11.2. The van der Waals surface area contributed by atoms with Crippen LogP contribution in [0.3, 0.4) is 0 Å². The van der Waals surface area contributed by atoms with Crippen LogP contribution >= 0.6 is 11.8 Å². The summed E-state index contributed by atoms with van der Waals surface area (Å²) in [5.74, 6) is 0.747. The van der Waals surface area contributed by atoms with E-state index in [0.717, 1.165) is 37.9 Å². The lowest BCUT2D eigenvalue weighted by molar-refractivity contribution is 1.00. The number of aromatic nitrogens is 3. The van der Waals surface area contributed by atoms with Crippen molar-refractivity contribution in [1.82, 2.24) is 15.0 Å². The summed E-state index contributed by atoms with van der Waals surface area (Å²) in [4.78, 5) is 13.2. The molecule has 0 spiro atoms. The Labute approximate surface area is 149 Å². The van der Waals surface area contributed by atoms with E-state index in [-0.39, 0.29) is 0 Å². The minimum absolute atomic E-state index is 0.684. The molecule has 4 nitrogen and oxygen atoms in total. The molecule has 0 saturated carbocycles. The number of hydrogen-bond acceptors (Lipinski definition) is 4. The molecule has 2 heterocycles. The number of nitriles is 1. The van der Waals surface area contributed by atoms with E-state index in [1.807, 2.05) is 55.6 Å². The van der Waals surface area contributed by atoms with E-state index >= 15 is 0 Å². The highest BCUT2D eigenvalue weighted by molar-refractivity contribution is 7.99. The Hall–Kier alpha value is -3.10. The van der Waals surface area contributed by atoms with Gasteiger partial charge in [-0.3, -0.25) is 0 Å². The molecule has 0 aliphatic heterocycles. The number of nitrogens with zero attached hydrogens (tertiary/aromatic N) is 3. The van der Waals surface area contributed by atoms with Crippen molar-refractivity contribution in [3.05, 3.63) is 72.2 Å². The molecule has 25 heavy (non-hydrogen) atoms. The lowest BCUT2D eigenvalue weighted by Gasteiger charge is -2.07. The van der Waals surface area contributed by atoms with Crippen molar-refractivity contribution in [2.45, 2.75) is 16.8 Å². The summed E-state index contributed by atoms with van der Waals surface area (Å²) in [6.45, 7) is 1.90. The van der Waals surface area contributed by atoms with Crippen LogP contribution in [-0.2, 0) is 0 Å². The highest BCUT2D eigenvalue weighted by Crippen LogP contribution is 2.33. The van der Waals surface area contributed by atoms with Gasteiger partial charge in [0.2, 0.25) is 0 Å². The first-order valence-corrected chi connectivity index (χ1v) is 8.65. The fraction of sp³-hybridized carbons (Fsp3) is 0.0500. The molecule has 0 radical (unpaired) electrons. The third kappa shape index (κ3) is 3.00.